The molecule has 15 nitrogen and oxygen atoms in total. The van der Waals surface area contributed by atoms with Crippen molar-refractivity contribution in [3.8, 4) is 0 Å². The fraction of sp³-hybridized carbons (Fsp3) is 0.523. The summed E-state index contributed by atoms with van der Waals surface area (Å²) in [7, 11) is 3.75. The van der Waals surface area contributed by atoms with Gasteiger partial charge in [0.2, 0.25) is 11.8 Å². The number of nitrogens with zero attached hydrogens (tertiary/aromatic N) is 7. The SMILES string of the molecule is CN1C[C@H](Nc2cnn(C)c(=O)c2Br)C[C@H](c2ccc(C(=O)N3CCC4(CCN(CC5CCN(c6ccc7c(c6)C(=O)N(C6CCC(=O)NC6=O)C7=O)CC5)C4)C3)cc2)C1. The molecular weight excluding hydrogens is 830 g/mol. The monoisotopic (exact) mass is 881 g/mol. The summed E-state index contributed by atoms with van der Waals surface area (Å²) in [6.45, 7) is 8.12. The molecule has 5 amide bonds. The van der Waals surface area contributed by atoms with Crippen LogP contribution in [0.2, 0.25) is 0 Å². The van der Waals surface area contributed by atoms with Gasteiger partial charge in [-0.2, -0.15) is 5.10 Å². The van der Waals surface area contributed by atoms with Crippen LogP contribution < -0.4 is 21.1 Å². The highest BCUT2D eigenvalue weighted by Gasteiger charge is 2.46. The molecule has 0 bridgehead atoms. The molecule has 6 aliphatic rings. The summed E-state index contributed by atoms with van der Waals surface area (Å²) < 4.78 is 1.80. The first-order chi connectivity index (χ1) is 28.8. The number of anilines is 2. The first-order valence-corrected chi connectivity index (χ1v) is 22.0. The second-order valence-corrected chi connectivity index (χ2v) is 18.8. The molecule has 16 heteroatoms. The summed E-state index contributed by atoms with van der Waals surface area (Å²) in [6, 6.07) is 12.7. The smallest absolute Gasteiger partial charge is 0.282 e. The maximum absolute atomic E-state index is 13.8. The number of hydrogen-bond donors (Lipinski definition) is 2. The Morgan fingerprint density at radius 1 is 0.900 bits per heavy atom. The normalized spacial score (nSPS) is 26.6. The molecule has 2 aromatic carbocycles. The van der Waals surface area contributed by atoms with Crippen LogP contribution in [0.25, 0.3) is 0 Å². The van der Waals surface area contributed by atoms with E-state index < -0.39 is 23.8 Å². The number of likely N-dealkylation sites (N-methyl/N-ethyl adjacent to an activating group) is 1. The minimum atomic E-state index is -0.972. The first kappa shape index (κ1) is 40.5. The van der Waals surface area contributed by atoms with Gasteiger partial charge in [0.15, 0.2) is 0 Å². The van der Waals surface area contributed by atoms with Crippen molar-refractivity contribution in [1.29, 1.82) is 0 Å². The molecule has 316 valence electrons. The maximum Gasteiger partial charge on any atom is 0.282 e. The van der Waals surface area contributed by atoms with E-state index in [1.807, 2.05) is 18.2 Å². The fourth-order valence-corrected chi connectivity index (χ4v) is 11.1. The summed E-state index contributed by atoms with van der Waals surface area (Å²) in [4.78, 5) is 87.1. The molecule has 0 aliphatic carbocycles. The molecule has 1 spiro atoms. The van der Waals surface area contributed by atoms with E-state index in [1.54, 1.807) is 25.4 Å². The predicted octanol–water partition coefficient (Wildman–Crippen LogP) is 3.30. The number of amides is 5. The van der Waals surface area contributed by atoms with Gasteiger partial charge in [-0.1, -0.05) is 12.1 Å². The van der Waals surface area contributed by atoms with Crippen LogP contribution in [0, 0.1) is 11.3 Å². The number of likely N-dealkylation sites (tertiary alicyclic amines) is 3. The molecule has 5 saturated heterocycles. The molecule has 6 aliphatic heterocycles. The van der Waals surface area contributed by atoms with Crippen molar-refractivity contribution in [3.63, 3.8) is 0 Å². The van der Waals surface area contributed by atoms with E-state index in [0.29, 0.717) is 27.2 Å². The summed E-state index contributed by atoms with van der Waals surface area (Å²) in [5.74, 6) is -1.02. The molecule has 60 heavy (non-hydrogen) atoms. The highest BCUT2D eigenvalue weighted by Crippen LogP contribution is 2.41. The number of fused-ring (bicyclic) bond motifs is 1. The Kier molecular flexibility index (Phi) is 10.9. The number of hydrogen-bond acceptors (Lipinski definition) is 11. The molecule has 4 atom stereocenters. The van der Waals surface area contributed by atoms with Crippen molar-refractivity contribution in [2.45, 2.75) is 62.9 Å². The summed E-state index contributed by atoms with van der Waals surface area (Å²) >= 11 is 3.44. The van der Waals surface area contributed by atoms with Crippen LogP contribution in [0.4, 0.5) is 11.4 Å². The van der Waals surface area contributed by atoms with Gasteiger partial charge < -0.3 is 24.9 Å². The Balaban J connectivity index is 0.749. The van der Waals surface area contributed by atoms with Crippen LogP contribution in [-0.4, -0.2) is 137 Å². The zero-order valence-electron chi connectivity index (χ0n) is 34.2. The Bertz CT molecular complexity index is 2290. The topological polar surface area (TPSA) is 160 Å². The van der Waals surface area contributed by atoms with E-state index >= 15 is 0 Å². The number of halogens is 1. The lowest BCUT2D eigenvalue weighted by atomic mass is 9.86. The minimum absolute atomic E-state index is 0.0933. The molecular formula is C44H52BrN9O6. The van der Waals surface area contributed by atoms with Gasteiger partial charge in [-0.05, 0) is 116 Å². The standard InChI is InChI=1S/C44H52BrN9O6/c1-49-23-30(19-31(24-49)47-35-21-46-50(2)43(60)38(35)45)28-3-5-29(6-4-28)40(57)53-18-14-44(26-53)13-17-51(25-44)22-27-11-15-52(16-12-27)32-7-8-33-34(20-32)42(59)54(41(33)58)36-9-10-37(55)48-39(36)56/h3-8,20-21,27,30-31,36,47H,9-19,22-26H2,1-2H3,(H,48,55,56)/t30-,31+,36?,44?/m0/s1. The van der Waals surface area contributed by atoms with Crippen molar-refractivity contribution in [3.05, 3.63) is 85.7 Å². The van der Waals surface area contributed by atoms with Gasteiger partial charge >= 0.3 is 0 Å². The number of aryl methyl sites for hydroxylation is 1. The van der Waals surface area contributed by atoms with E-state index in [0.717, 1.165) is 107 Å². The maximum atomic E-state index is 13.8. The van der Waals surface area contributed by atoms with Crippen molar-refractivity contribution in [2.24, 2.45) is 18.4 Å². The second kappa shape index (κ2) is 16.2. The summed E-state index contributed by atoms with van der Waals surface area (Å²) in [5.41, 5.74) is 4.11. The zero-order valence-corrected chi connectivity index (χ0v) is 35.8. The Morgan fingerprint density at radius 2 is 1.65 bits per heavy atom. The van der Waals surface area contributed by atoms with Crippen LogP contribution in [-0.2, 0) is 16.6 Å². The number of aromatic nitrogens is 2. The number of rotatable bonds is 8. The molecule has 3 aromatic rings. The third kappa shape index (κ3) is 7.77. The highest BCUT2D eigenvalue weighted by molar-refractivity contribution is 9.10. The van der Waals surface area contributed by atoms with Crippen molar-refractivity contribution in [2.75, 3.05) is 76.2 Å². The van der Waals surface area contributed by atoms with E-state index in [1.165, 1.54) is 10.2 Å². The molecule has 1 aromatic heterocycles. The van der Waals surface area contributed by atoms with Gasteiger partial charge in [0, 0.05) is 88.5 Å². The minimum Gasteiger partial charge on any atom is -0.379 e. The quantitative estimate of drug-likeness (QED) is 0.320. The van der Waals surface area contributed by atoms with Gasteiger partial charge in [-0.25, -0.2) is 4.68 Å². The van der Waals surface area contributed by atoms with Crippen molar-refractivity contribution >= 4 is 56.8 Å². The van der Waals surface area contributed by atoms with Gasteiger partial charge in [0.05, 0.1) is 23.0 Å². The van der Waals surface area contributed by atoms with E-state index in [4.69, 9.17) is 0 Å². The molecule has 2 N–H and O–H groups in total. The number of piperidine rings is 3. The lowest BCUT2D eigenvalue weighted by Crippen LogP contribution is -2.54. The average molecular weight is 883 g/mol. The van der Waals surface area contributed by atoms with Crippen molar-refractivity contribution in [1.82, 2.24) is 34.7 Å². The first-order valence-electron chi connectivity index (χ1n) is 21.2. The van der Waals surface area contributed by atoms with Crippen LogP contribution in [0.1, 0.15) is 87.5 Å². The third-order valence-electron chi connectivity index (χ3n) is 13.9. The molecule has 2 unspecified atom stereocenters. The predicted molar refractivity (Wildman–Crippen MR) is 228 cm³/mol. The lowest BCUT2D eigenvalue weighted by Gasteiger charge is -2.37. The fourth-order valence-electron chi connectivity index (χ4n) is 10.6. The molecule has 9 rings (SSSR count). The molecule has 5 fully saturated rings. The van der Waals surface area contributed by atoms with Crippen molar-refractivity contribution < 1.29 is 24.0 Å². The Labute approximate surface area is 357 Å². The summed E-state index contributed by atoms with van der Waals surface area (Å²) in [6.07, 6.45) is 6.98. The number of carbonyl (C=O) groups is 5. The summed E-state index contributed by atoms with van der Waals surface area (Å²) in [5, 5.41) is 9.95. The second-order valence-electron chi connectivity index (χ2n) is 18.0. The Hall–Kier alpha value is -4.93. The van der Waals surface area contributed by atoms with Gasteiger partial charge in [-0.15, -0.1) is 0 Å². The number of imide groups is 2. The van der Waals surface area contributed by atoms with E-state index in [2.05, 4.69) is 70.4 Å². The molecule has 0 radical (unpaired) electrons. The highest BCUT2D eigenvalue weighted by atomic mass is 79.9. The lowest BCUT2D eigenvalue weighted by molar-refractivity contribution is -0.136. The van der Waals surface area contributed by atoms with Crippen LogP contribution in [0.3, 0.4) is 0 Å². The van der Waals surface area contributed by atoms with Crippen LogP contribution >= 0.6 is 15.9 Å². The number of benzene rings is 2. The van der Waals surface area contributed by atoms with E-state index in [-0.39, 0.29) is 47.6 Å². The van der Waals surface area contributed by atoms with Crippen LogP contribution in [0.15, 0.2) is 57.9 Å². The Morgan fingerprint density at radius 3 is 2.42 bits per heavy atom. The largest absolute Gasteiger partial charge is 0.379 e. The zero-order chi connectivity index (χ0) is 41.9. The van der Waals surface area contributed by atoms with Gasteiger partial charge in [-0.3, -0.25) is 39.0 Å². The van der Waals surface area contributed by atoms with Gasteiger partial charge in [0.25, 0.3) is 23.3 Å². The molecule has 0 saturated carbocycles. The number of carbonyl (C=O) groups excluding carboxylic acids is 5. The third-order valence-corrected chi connectivity index (χ3v) is 14.6. The average Bonchev–Trinajstić information content (AvgIpc) is 3.92. The number of nitrogens with one attached hydrogen (secondary N) is 2. The van der Waals surface area contributed by atoms with E-state index in [9.17, 15) is 28.8 Å². The van der Waals surface area contributed by atoms with Crippen LogP contribution in [0.5, 0.6) is 0 Å². The molecule has 7 heterocycles. The van der Waals surface area contributed by atoms with Gasteiger partial charge in [0.1, 0.15) is 10.5 Å².